The molecule has 0 aliphatic carbocycles. The molecule has 0 aromatic rings. The third-order valence-electron chi connectivity index (χ3n) is 0.243. The SMILES string of the molecule is NO.O=C(O)C(F)(F)F. The quantitative estimate of drug-likeness (QED) is 0.420. The van der Waals surface area contributed by atoms with Crippen LogP contribution in [-0.4, -0.2) is 22.5 Å². The molecule has 0 saturated carbocycles. The smallest absolute Gasteiger partial charge is 0.475 e. The lowest BCUT2D eigenvalue weighted by Gasteiger charge is -1.93. The summed E-state index contributed by atoms with van der Waals surface area (Å²) in [6.45, 7) is 0. The number of hydrogen-bond donors (Lipinski definition) is 3. The second-order valence-corrected chi connectivity index (χ2v) is 0.803. The monoisotopic (exact) mass is 147 g/mol. The van der Waals surface area contributed by atoms with Gasteiger partial charge in [-0.25, -0.2) is 10.7 Å². The van der Waals surface area contributed by atoms with Crippen molar-refractivity contribution in [1.29, 1.82) is 0 Å². The van der Waals surface area contributed by atoms with Crippen molar-refractivity contribution in [2.75, 3.05) is 0 Å². The fraction of sp³-hybridized carbons (Fsp3) is 0.500. The first kappa shape index (κ1) is 11.0. The number of nitrogens with two attached hydrogens (primary N) is 1. The van der Waals surface area contributed by atoms with Gasteiger partial charge in [-0.2, -0.15) is 13.2 Å². The molecule has 0 aliphatic heterocycles. The minimum absolute atomic E-state index is 2.76. The van der Waals surface area contributed by atoms with Gasteiger partial charge in [-0.15, -0.1) is 0 Å². The molecule has 0 aliphatic rings. The molecule has 0 heterocycles. The summed E-state index contributed by atoms with van der Waals surface area (Å²) in [6, 6.07) is 0. The Morgan fingerprint density at radius 1 is 1.33 bits per heavy atom. The van der Waals surface area contributed by atoms with Crippen LogP contribution in [0.25, 0.3) is 0 Å². The summed E-state index contributed by atoms with van der Waals surface area (Å²) in [5.41, 5.74) is 0. The predicted molar refractivity (Wildman–Crippen MR) is 19.7 cm³/mol. The second-order valence-electron chi connectivity index (χ2n) is 0.803. The van der Waals surface area contributed by atoms with Crippen molar-refractivity contribution < 1.29 is 28.3 Å². The van der Waals surface area contributed by atoms with Gasteiger partial charge in [-0.3, -0.25) is 0 Å². The van der Waals surface area contributed by atoms with Crippen molar-refractivity contribution in [3.63, 3.8) is 0 Å². The first-order valence-electron chi connectivity index (χ1n) is 1.50. The normalized spacial score (nSPS) is 9.44. The molecule has 0 aromatic heterocycles. The average Bonchev–Trinajstić information content (AvgIpc) is 1.69. The highest BCUT2D eigenvalue weighted by molar-refractivity contribution is 5.73. The van der Waals surface area contributed by atoms with Crippen LogP contribution in [0.2, 0.25) is 0 Å². The number of hydrogen-bond acceptors (Lipinski definition) is 3. The van der Waals surface area contributed by atoms with E-state index in [9.17, 15) is 13.2 Å². The minimum Gasteiger partial charge on any atom is -0.475 e. The van der Waals surface area contributed by atoms with Crippen molar-refractivity contribution in [3.8, 4) is 0 Å². The maximum absolute atomic E-state index is 10.6. The van der Waals surface area contributed by atoms with Crippen LogP contribution in [-0.2, 0) is 4.79 Å². The topological polar surface area (TPSA) is 83.5 Å². The Labute approximate surface area is 47.7 Å². The predicted octanol–water partition coefficient (Wildman–Crippen LogP) is -0.0324. The average molecular weight is 147 g/mol. The van der Waals surface area contributed by atoms with Gasteiger partial charge >= 0.3 is 12.1 Å². The number of carbonyl (C=O) groups is 1. The molecule has 4 N–H and O–H groups in total. The van der Waals surface area contributed by atoms with E-state index in [0.29, 0.717) is 0 Å². The van der Waals surface area contributed by atoms with Gasteiger partial charge in [0.25, 0.3) is 0 Å². The number of alkyl halides is 3. The summed E-state index contributed by atoms with van der Waals surface area (Å²) in [7, 11) is 0. The van der Waals surface area contributed by atoms with Crippen LogP contribution in [0, 0.1) is 0 Å². The van der Waals surface area contributed by atoms with Crippen LogP contribution < -0.4 is 5.90 Å². The van der Waals surface area contributed by atoms with Crippen LogP contribution >= 0.6 is 0 Å². The molecule has 0 aromatic carbocycles. The summed E-state index contributed by atoms with van der Waals surface area (Å²) >= 11 is 0. The molecule has 4 nitrogen and oxygen atoms in total. The highest BCUT2D eigenvalue weighted by Gasteiger charge is 2.38. The molecule has 0 unspecified atom stereocenters. The van der Waals surface area contributed by atoms with E-state index in [2.05, 4.69) is 5.90 Å². The third-order valence-corrected chi connectivity index (χ3v) is 0.243. The number of carboxylic acids is 1. The summed E-state index contributed by atoms with van der Waals surface area (Å²) in [5, 5.41) is 13.6. The van der Waals surface area contributed by atoms with Gasteiger partial charge in [0.05, 0.1) is 0 Å². The van der Waals surface area contributed by atoms with E-state index in [4.69, 9.17) is 15.1 Å². The number of carboxylic acid groups (broad SMARTS) is 1. The third kappa shape index (κ3) is 7.18. The molecule has 9 heavy (non-hydrogen) atoms. The number of aliphatic carboxylic acids is 1. The summed E-state index contributed by atoms with van der Waals surface area (Å²) in [4.78, 5) is 8.90. The van der Waals surface area contributed by atoms with E-state index in [-0.39, 0.29) is 0 Å². The van der Waals surface area contributed by atoms with E-state index >= 15 is 0 Å². The maximum Gasteiger partial charge on any atom is 0.490 e. The standard InChI is InChI=1S/C2HF3O2.H3NO/c3-2(4,5)1(6)7;1-2/h(H,6,7);2H,1H2. The van der Waals surface area contributed by atoms with Gasteiger partial charge in [-0.1, -0.05) is 0 Å². The van der Waals surface area contributed by atoms with E-state index in [1.165, 1.54) is 0 Å². The highest BCUT2D eigenvalue weighted by Crippen LogP contribution is 2.13. The molecule has 0 atom stereocenters. The second kappa shape index (κ2) is 4.10. The fourth-order valence-corrected chi connectivity index (χ4v) is 0. The van der Waals surface area contributed by atoms with E-state index in [1.54, 1.807) is 0 Å². The summed E-state index contributed by atoms with van der Waals surface area (Å²) in [5.74, 6) is 0.743. The Bertz CT molecular complexity index is 89.5. The Morgan fingerprint density at radius 2 is 1.44 bits per heavy atom. The molecule has 0 radical (unpaired) electrons. The Morgan fingerprint density at radius 3 is 1.44 bits per heavy atom. The van der Waals surface area contributed by atoms with Crippen LogP contribution in [0.3, 0.4) is 0 Å². The minimum atomic E-state index is -5.08. The van der Waals surface area contributed by atoms with Gasteiger partial charge < -0.3 is 10.3 Å². The van der Waals surface area contributed by atoms with Gasteiger partial charge in [-0.05, 0) is 0 Å². The lowest BCUT2D eigenvalue weighted by molar-refractivity contribution is -0.192. The van der Waals surface area contributed by atoms with Gasteiger partial charge in [0.2, 0.25) is 0 Å². The van der Waals surface area contributed by atoms with Crippen molar-refractivity contribution in [1.82, 2.24) is 0 Å². The van der Waals surface area contributed by atoms with Crippen LogP contribution in [0.4, 0.5) is 13.2 Å². The fourth-order valence-electron chi connectivity index (χ4n) is 0. The largest absolute Gasteiger partial charge is 0.490 e. The lowest BCUT2D eigenvalue weighted by atomic mass is 10.7. The lowest BCUT2D eigenvalue weighted by Crippen LogP contribution is -2.21. The molecule has 0 rings (SSSR count). The maximum atomic E-state index is 10.6. The van der Waals surface area contributed by atoms with Gasteiger partial charge in [0.15, 0.2) is 0 Å². The van der Waals surface area contributed by atoms with Crippen molar-refractivity contribution in [3.05, 3.63) is 0 Å². The van der Waals surface area contributed by atoms with Gasteiger partial charge in [0.1, 0.15) is 0 Å². The molecule has 7 heteroatoms. The zero-order valence-corrected chi connectivity index (χ0v) is 4.01. The van der Waals surface area contributed by atoms with Crippen molar-refractivity contribution >= 4 is 5.97 Å². The zero-order chi connectivity index (χ0) is 8.08. The van der Waals surface area contributed by atoms with Crippen molar-refractivity contribution in [2.45, 2.75) is 6.18 Å². The number of rotatable bonds is 0. The molecular formula is C2H4F3NO3. The van der Waals surface area contributed by atoms with E-state index < -0.39 is 12.1 Å². The molecule has 0 amide bonds. The first-order chi connectivity index (χ1) is 3.94. The Kier molecular flexibility index (Phi) is 5.03. The Balaban J connectivity index is 0. The van der Waals surface area contributed by atoms with Crippen LogP contribution in [0.5, 0.6) is 0 Å². The van der Waals surface area contributed by atoms with Crippen LogP contribution in [0.15, 0.2) is 0 Å². The van der Waals surface area contributed by atoms with E-state index in [1.807, 2.05) is 0 Å². The Hall–Kier alpha value is -0.820. The van der Waals surface area contributed by atoms with Gasteiger partial charge in [0, 0.05) is 0 Å². The van der Waals surface area contributed by atoms with Crippen molar-refractivity contribution in [2.24, 2.45) is 5.90 Å². The summed E-state index contributed by atoms with van der Waals surface area (Å²) < 4.78 is 31.7. The molecule has 0 saturated heterocycles. The molecule has 56 valence electrons. The molecular weight excluding hydrogens is 143 g/mol. The molecule has 0 bridgehead atoms. The number of halogens is 3. The molecule has 0 fully saturated rings. The molecule has 0 spiro atoms. The highest BCUT2D eigenvalue weighted by atomic mass is 19.4. The first-order valence-corrected chi connectivity index (χ1v) is 1.50. The van der Waals surface area contributed by atoms with Crippen LogP contribution in [0.1, 0.15) is 0 Å². The summed E-state index contributed by atoms with van der Waals surface area (Å²) in [6.07, 6.45) is -5.08. The zero-order valence-electron chi connectivity index (χ0n) is 4.01. The van der Waals surface area contributed by atoms with E-state index in [0.717, 1.165) is 0 Å².